The van der Waals surface area contributed by atoms with Crippen LogP contribution >= 0.6 is 0 Å². The van der Waals surface area contributed by atoms with Gasteiger partial charge < -0.3 is 19.5 Å². The molecule has 2 aliphatic rings. The van der Waals surface area contributed by atoms with Crippen molar-refractivity contribution in [2.45, 2.75) is 31.7 Å². The zero-order valence-corrected chi connectivity index (χ0v) is 12.0. The molecule has 1 aromatic rings. The van der Waals surface area contributed by atoms with Gasteiger partial charge in [0.25, 0.3) is 0 Å². The van der Waals surface area contributed by atoms with Gasteiger partial charge in [-0.15, -0.1) is 0 Å². The van der Waals surface area contributed by atoms with E-state index in [1.807, 2.05) is 18.2 Å². The fraction of sp³-hybridized carbons (Fsp3) is 0.438. The second-order valence-electron chi connectivity index (χ2n) is 5.12. The maximum absolute atomic E-state index is 11.7. The van der Waals surface area contributed by atoms with Crippen LogP contribution in [0.4, 0.5) is 4.79 Å². The monoisotopic (exact) mass is 289 g/mol. The average molecular weight is 289 g/mol. The molecule has 1 aromatic carbocycles. The third-order valence-corrected chi connectivity index (χ3v) is 3.78. The standard InChI is InChI=1S/C16H19NO4/c1-2-19-16(18)17-13-6-4-3-5-12(13)11-7-8-14-15(9-11)21-10-20-14/h3,5,7-9,12-13H,2,4,6,10H2,1H3,(H,17,18)/t12-,13+/m1/s1. The van der Waals surface area contributed by atoms with Gasteiger partial charge in [-0.1, -0.05) is 18.2 Å². The van der Waals surface area contributed by atoms with Gasteiger partial charge in [0, 0.05) is 12.0 Å². The van der Waals surface area contributed by atoms with E-state index < -0.39 is 0 Å². The molecule has 1 aliphatic carbocycles. The van der Waals surface area contributed by atoms with Crippen molar-refractivity contribution in [3.8, 4) is 11.5 Å². The highest BCUT2D eigenvalue weighted by Crippen LogP contribution is 2.37. The van der Waals surface area contributed by atoms with Crippen LogP contribution in [0.2, 0.25) is 0 Å². The number of alkyl carbamates (subject to hydrolysis) is 1. The normalized spacial score (nSPS) is 22.9. The number of ether oxygens (including phenoxy) is 3. The fourth-order valence-electron chi connectivity index (χ4n) is 2.78. The molecule has 0 saturated heterocycles. The van der Waals surface area contributed by atoms with E-state index in [1.165, 1.54) is 0 Å². The van der Waals surface area contributed by atoms with Crippen molar-refractivity contribution in [1.29, 1.82) is 0 Å². The fourth-order valence-corrected chi connectivity index (χ4v) is 2.78. The van der Waals surface area contributed by atoms with E-state index in [9.17, 15) is 4.79 Å². The number of fused-ring (bicyclic) bond motifs is 1. The second-order valence-corrected chi connectivity index (χ2v) is 5.12. The molecular weight excluding hydrogens is 270 g/mol. The van der Waals surface area contributed by atoms with E-state index in [1.54, 1.807) is 6.92 Å². The summed E-state index contributed by atoms with van der Waals surface area (Å²) >= 11 is 0. The first-order chi connectivity index (χ1) is 10.3. The Labute approximate surface area is 123 Å². The smallest absolute Gasteiger partial charge is 0.407 e. The maximum atomic E-state index is 11.7. The number of carbonyl (C=O) groups is 1. The third kappa shape index (κ3) is 2.96. The summed E-state index contributed by atoms with van der Waals surface area (Å²) in [6.07, 6.45) is 5.78. The first-order valence-electron chi connectivity index (χ1n) is 7.27. The van der Waals surface area contributed by atoms with E-state index in [0.29, 0.717) is 6.61 Å². The number of nitrogens with one attached hydrogen (secondary N) is 1. The van der Waals surface area contributed by atoms with Crippen LogP contribution in [0.25, 0.3) is 0 Å². The van der Waals surface area contributed by atoms with Gasteiger partial charge in [-0.3, -0.25) is 0 Å². The quantitative estimate of drug-likeness (QED) is 0.869. The molecule has 0 unspecified atom stereocenters. The predicted molar refractivity (Wildman–Crippen MR) is 77.6 cm³/mol. The number of rotatable bonds is 3. The summed E-state index contributed by atoms with van der Waals surface area (Å²) in [4.78, 5) is 11.7. The van der Waals surface area contributed by atoms with E-state index in [-0.39, 0.29) is 24.8 Å². The number of allylic oxidation sites excluding steroid dienone is 1. The van der Waals surface area contributed by atoms with E-state index in [2.05, 4.69) is 17.5 Å². The highest BCUT2D eigenvalue weighted by molar-refractivity contribution is 5.68. The van der Waals surface area contributed by atoms with Crippen LogP contribution in [0.3, 0.4) is 0 Å². The first-order valence-corrected chi connectivity index (χ1v) is 7.27. The van der Waals surface area contributed by atoms with Crippen molar-refractivity contribution < 1.29 is 19.0 Å². The topological polar surface area (TPSA) is 56.8 Å². The molecule has 1 aliphatic heterocycles. The molecule has 112 valence electrons. The van der Waals surface area contributed by atoms with Crippen LogP contribution in [0, 0.1) is 0 Å². The molecule has 0 radical (unpaired) electrons. The Morgan fingerprint density at radius 3 is 3.10 bits per heavy atom. The minimum atomic E-state index is -0.358. The molecule has 0 aromatic heterocycles. The van der Waals surface area contributed by atoms with E-state index in [4.69, 9.17) is 14.2 Å². The SMILES string of the molecule is CCOC(=O)N[C@H]1CCC=C[C@@H]1c1ccc2c(c1)OCO2. The van der Waals surface area contributed by atoms with Crippen molar-refractivity contribution in [1.82, 2.24) is 5.32 Å². The number of carbonyl (C=O) groups excluding carboxylic acids is 1. The van der Waals surface area contributed by atoms with Gasteiger partial charge in [0.15, 0.2) is 11.5 Å². The molecule has 1 heterocycles. The summed E-state index contributed by atoms with van der Waals surface area (Å²) in [6, 6.07) is 5.96. The lowest BCUT2D eigenvalue weighted by Gasteiger charge is -2.28. The lowest BCUT2D eigenvalue weighted by Crippen LogP contribution is -2.40. The van der Waals surface area contributed by atoms with Crippen molar-refractivity contribution in [2.75, 3.05) is 13.4 Å². The Balaban J connectivity index is 1.79. The van der Waals surface area contributed by atoms with Crippen molar-refractivity contribution in [3.63, 3.8) is 0 Å². The van der Waals surface area contributed by atoms with Crippen LogP contribution in [-0.2, 0) is 4.74 Å². The molecule has 1 N–H and O–H groups in total. The highest BCUT2D eigenvalue weighted by atomic mass is 16.7. The van der Waals surface area contributed by atoms with Crippen LogP contribution in [0.1, 0.15) is 31.2 Å². The molecule has 1 amide bonds. The van der Waals surface area contributed by atoms with Gasteiger partial charge in [0.05, 0.1) is 6.61 Å². The Hall–Kier alpha value is -2.17. The largest absolute Gasteiger partial charge is 0.454 e. The minimum absolute atomic E-state index is 0.0365. The Morgan fingerprint density at radius 1 is 1.38 bits per heavy atom. The van der Waals surface area contributed by atoms with Gasteiger partial charge in [-0.2, -0.15) is 0 Å². The van der Waals surface area contributed by atoms with Crippen molar-refractivity contribution in [3.05, 3.63) is 35.9 Å². The molecule has 0 bridgehead atoms. The Morgan fingerprint density at radius 2 is 2.24 bits per heavy atom. The summed E-state index contributed by atoms with van der Waals surface area (Å²) in [5, 5.41) is 2.95. The van der Waals surface area contributed by atoms with Gasteiger partial charge in [0.1, 0.15) is 0 Å². The average Bonchev–Trinajstić information content (AvgIpc) is 2.95. The molecule has 21 heavy (non-hydrogen) atoms. The zero-order chi connectivity index (χ0) is 14.7. The number of hydrogen-bond acceptors (Lipinski definition) is 4. The minimum Gasteiger partial charge on any atom is -0.454 e. The molecule has 0 spiro atoms. The van der Waals surface area contributed by atoms with Crippen molar-refractivity contribution in [2.24, 2.45) is 0 Å². The lowest BCUT2D eigenvalue weighted by molar-refractivity contribution is 0.146. The van der Waals surface area contributed by atoms with Crippen molar-refractivity contribution >= 4 is 6.09 Å². The molecule has 0 fully saturated rings. The second kappa shape index (κ2) is 6.08. The molecule has 3 rings (SSSR count). The zero-order valence-electron chi connectivity index (χ0n) is 12.0. The van der Waals surface area contributed by atoms with Crippen LogP contribution in [-0.4, -0.2) is 25.5 Å². The summed E-state index contributed by atoms with van der Waals surface area (Å²) in [5.41, 5.74) is 1.11. The molecule has 0 saturated carbocycles. The number of hydrogen-bond donors (Lipinski definition) is 1. The predicted octanol–water partition coefficient (Wildman–Crippen LogP) is 2.96. The van der Waals surface area contributed by atoms with E-state index >= 15 is 0 Å². The summed E-state index contributed by atoms with van der Waals surface area (Å²) in [6.45, 7) is 2.45. The molecule has 2 atom stereocenters. The highest BCUT2D eigenvalue weighted by Gasteiger charge is 2.26. The van der Waals surface area contributed by atoms with Crippen LogP contribution in [0.5, 0.6) is 11.5 Å². The summed E-state index contributed by atoms with van der Waals surface area (Å²) < 4.78 is 15.7. The number of amides is 1. The lowest BCUT2D eigenvalue weighted by atomic mass is 9.84. The molecular formula is C16H19NO4. The number of benzene rings is 1. The maximum Gasteiger partial charge on any atom is 0.407 e. The van der Waals surface area contributed by atoms with Gasteiger partial charge in [-0.05, 0) is 37.5 Å². The first kappa shape index (κ1) is 13.8. The van der Waals surface area contributed by atoms with Crippen LogP contribution < -0.4 is 14.8 Å². The van der Waals surface area contributed by atoms with Gasteiger partial charge in [-0.25, -0.2) is 4.79 Å². The summed E-state index contributed by atoms with van der Waals surface area (Å²) in [7, 11) is 0. The van der Waals surface area contributed by atoms with E-state index in [0.717, 1.165) is 29.9 Å². The Bertz CT molecular complexity index is 555. The third-order valence-electron chi connectivity index (χ3n) is 3.78. The van der Waals surface area contributed by atoms with Gasteiger partial charge >= 0.3 is 6.09 Å². The summed E-state index contributed by atoms with van der Waals surface area (Å²) in [5.74, 6) is 1.66. The Kier molecular flexibility index (Phi) is 3.99. The molecule has 5 heteroatoms. The van der Waals surface area contributed by atoms with Crippen LogP contribution in [0.15, 0.2) is 30.4 Å². The molecule has 5 nitrogen and oxygen atoms in total. The van der Waals surface area contributed by atoms with Gasteiger partial charge in [0.2, 0.25) is 6.79 Å².